The first-order valence-electron chi connectivity index (χ1n) is 10.6. The van der Waals surface area contributed by atoms with Crippen molar-refractivity contribution < 1.29 is 9.32 Å². The maximum atomic E-state index is 12.3. The van der Waals surface area contributed by atoms with E-state index in [-0.39, 0.29) is 6.03 Å². The molecular formula is C23H29N3O2. The molecule has 28 heavy (non-hydrogen) atoms. The standard InChI is InChI=1S/C23H29N3O2/c1-15-2-4-19(5-3-15)21-9-20(26-28-21)13-24-22(27)25-14-23-10-16-6-17(11-23)8-18(7-16)12-23/h2-5,9,16-18H,6-8,10-14H2,1H3,(H2,24,25,27). The fourth-order valence-electron chi connectivity index (χ4n) is 6.26. The molecular weight excluding hydrogens is 350 g/mol. The van der Waals surface area contributed by atoms with Crippen molar-refractivity contribution in [3.63, 3.8) is 0 Å². The van der Waals surface area contributed by atoms with Gasteiger partial charge in [-0.05, 0) is 68.6 Å². The number of carbonyl (C=O) groups is 1. The zero-order valence-electron chi connectivity index (χ0n) is 16.5. The summed E-state index contributed by atoms with van der Waals surface area (Å²) in [4.78, 5) is 12.3. The topological polar surface area (TPSA) is 67.2 Å². The lowest BCUT2D eigenvalue weighted by molar-refractivity contribution is -0.0498. The molecule has 4 aliphatic carbocycles. The number of hydrogen-bond donors (Lipinski definition) is 2. The van der Waals surface area contributed by atoms with Crippen molar-refractivity contribution in [2.45, 2.75) is 52.0 Å². The van der Waals surface area contributed by atoms with E-state index in [1.165, 1.54) is 44.1 Å². The van der Waals surface area contributed by atoms with Gasteiger partial charge in [-0.25, -0.2) is 4.79 Å². The molecule has 0 saturated heterocycles. The predicted molar refractivity (Wildman–Crippen MR) is 108 cm³/mol. The van der Waals surface area contributed by atoms with E-state index in [1.807, 2.05) is 30.3 Å². The molecule has 0 radical (unpaired) electrons. The van der Waals surface area contributed by atoms with E-state index in [0.717, 1.165) is 41.3 Å². The molecule has 4 aliphatic rings. The van der Waals surface area contributed by atoms with Crippen LogP contribution in [0.1, 0.15) is 49.8 Å². The van der Waals surface area contributed by atoms with Crippen LogP contribution in [0.15, 0.2) is 34.9 Å². The minimum atomic E-state index is -0.101. The summed E-state index contributed by atoms with van der Waals surface area (Å²) in [7, 11) is 0. The number of carbonyl (C=O) groups excluding carboxylic acids is 1. The third kappa shape index (κ3) is 3.54. The van der Waals surface area contributed by atoms with Gasteiger partial charge in [-0.1, -0.05) is 35.0 Å². The number of aromatic nitrogens is 1. The Labute approximate surface area is 166 Å². The molecule has 5 heteroatoms. The van der Waals surface area contributed by atoms with Crippen LogP contribution in [0.3, 0.4) is 0 Å². The lowest BCUT2D eigenvalue weighted by atomic mass is 9.49. The first kappa shape index (κ1) is 17.8. The molecule has 0 unspecified atom stereocenters. The van der Waals surface area contributed by atoms with Crippen LogP contribution >= 0.6 is 0 Å². The summed E-state index contributed by atoms with van der Waals surface area (Å²) in [6.45, 7) is 3.25. The maximum absolute atomic E-state index is 12.3. The lowest BCUT2D eigenvalue weighted by Crippen LogP contribution is -2.52. The monoisotopic (exact) mass is 379 g/mol. The Hall–Kier alpha value is -2.30. The van der Waals surface area contributed by atoms with E-state index in [0.29, 0.717) is 12.0 Å². The van der Waals surface area contributed by atoms with Crippen LogP contribution in [-0.4, -0.2) is 17.7 Å². The molecule has 4 bridgehead atoms. The normalized spacial score (nSPS) is 30.4. The van der Waals surface area contributed by atoms with Crippen LogP contribution in [0.25, 0.3) is 11.3 Å². The van der Waals surface area contributed by atoms with Gasteiger partial charge in [-0.2, -0.15) is 0 Å². The first-order valence-corrected chi connectivity index (χ1v) is 10.6. The van der Waals surface area contributed by atoms with Gasteiger partial charge in [-0.3, -0.25) is 0 Å². The minimum Gasteiger partial charge on any atom is -0.356 e. The van der Waals surface area contributed by atoms with Gasteiger partial charge >= 0.3 is 6.03 Å². The Morgan fingerprint density at radius 1 is 1.07 bits per heavy atom. The van der Waals surface area contributed by atoms with E-state index in [1.54, 1.807) is 0 Å². The van der Waals surface area contributed by atoms with Crippen molar-refractivity contribution in [1.29, 1.82) is 0 Å². The zero-order valence-corrected chi connectivity index (χ0v) is 16.5. The quantitative estimate of drug-likeness (QED) is 0.793. The van der Waals surface area contributed by atoms with Crippen molar-refractivity contribution in [1.82, 2.24) is 15.8 Å². The second kappa shape index (κ2) is 6.94. The number of amides is 2. The largest absolute Gasteiger partial charge is 0.356 e. The number of nitrogens with zero attached hydrogens (tertiary/aromatic N) is 1. The van der Waals surface area contributed by atoms with Crippen molar-refractivity contribution in [2.24, 2.45) is 23.2 Å². The van der Waals surface area contributed by atoms with Crippen molar-refractivity contribution >= 4 is 6.03 Å². The molecule has 5 nitrogen and oxygen atoms in total. The van der Waals surface area contributed by atoms with Crippen LogP contribution in [0, 0.1) is 30.1 Å². The Morgan fingerprint density at radius 3 is 2.36 bits per heavy atom. The van der Waals surface area contributed by atoms with Crippen LogP contribution in [0.5, 0.6) is 0 Å². The van der Waals surface area contributed by atoms with Crippen LogP contribution in [-0.2, 0) is 6.54 Å². The highest BCUT2D eigenvalue weighted by Gasteiger charge is 2.50. The van der Waals surface area contributed by atoms with Gasteiger partial charge < -0.3 is 15.2 Å². The summed E-state index contributed by atoms with van der Waals surface area (Å²) in [6, 6.07) is 9.93. The summed E-state index contributed by atoms with van der Waals surface area (Å²) in [5, 5.41) is 10.2. The van der Waals surface area contributed by atoms with Gasteiger partial charge in [0.05, 0.1) is 6.54 Å². The highest BCUT2D eigenvalue weighted by atomic mass is 16.5. The van der Waals surface area contributed by atoms with Crippen molar-refractivity contribution in [3.8, 4) is 11.3 Å². The van der Waals surface area contributed by atoms with E-state index in [2.05, 4.69) is 22.7 Å². The summed E-state index contributed by atoms with van der Waals surface area (Å²) < 4.78 is 5.43. The predicted octanol–water partition coefficient (Wildman–Crippen LogP) is 4.67. The van der Waals surface area contributed by atoms with Crippen molar-refractivity contribution in [3.05, 3.63) is 41.6 Å². The van der Waals surface area contributed by atoms with E-state index < -0.39 is 0 Å². The van der Waals surface area contributed by atoms with Crippen LogP contribution < -0.4 is 10.6 Å². The fraction of sp³-hybridized carbons (Fsp3) is 0.565. The van der Waals surface area contributed by atoms with E-state index >= 15 is 0 Å². The smallest absolute Gasteiger partial charge is 0.315 e. The molecule has 4 saturated carbocycles. The third-order valence-corrected chi connectivity index (χ3v) is 7.11. The minimum absolute atomic E-state index is 0.101. The van der Waals surface area contributed by atoms with Gasteiger partial charge in [-0.15, -0.1) is 0 Å². The summed E-state index contributed by atoms with van der Waals surface area (Å²) >= 11 is 0. The molecule has 148 valence electrons. The molecule has 1 heterocycles. The molecule has 4 fully saturated rings. The van der Waals surface area contributed by atoms with E-state index in [9.17, 15) is 4.79 Å². The Kier molecular flexibility index (Phi) is 4.41. The fourth-order valence-corrected chi connectivity index (χ4v) is 6.26. The summed E-state index contributed by atoms with van der Waals surface area (Å²) in [6.07, 6.45) is 8.22. The number of nitrogens with one attached hydrogen (secondary N) is 2. The zero-order chi connectivity index (χ0) is 19.1. The SMILES string of the molecule is Cc1ccc(-c2cc(CNC(=O)NCC34CC5CC(CC(C5)C3)C4)no2)cc1. The molecule has 1 aromatic carbocycles. The average molecular weight is 380 g/mol. The van der Waals surface area contributed by atoms with Gasteiger partial charge in [0.1, 0.15) is 5.69 Å². The molecule has 0 spiro atoms. The maximum Gasteiger partial charge on any atom is 0.315 e. The first-order chi connectivity index (χ1) is 13.6. The Bertz CT molecular complexity index is 820. The van der Waals surface area contributed by atoms with Gasteiger partial charge in [0, 0.05) is 18.2 Å². The molecule has 2 aromatic rings. The molecule has 2 amide bonds. The second-order valence-electron chi connectivity index (χ2n) is 9.50. The number of benzene rings is 1. The number of urea groups is 1. The molecule has 0 aliphatic heterocycles. The van der Waals surface area contributed by atoms with Crippen molar-refractivity contribution in [2.75, 3.05) is 6.54 Å². The highest BCUT2D eigenvalue weighted by molar-refractivity contribution is 5.73. The van der Waals surface area contributed by atoms with E-state index in [4.69, 9.17) is 4.52 Å². The highest BCUT2D eigenvalue weighted by Crippen LogP contribution is 2.59. The summed E-state index contributed by atoms with van der Waals surface area (Å²) in [5.41, 5.74) is 3.30. The summed E-state index contributed by atoms with van der Waals surface area (Å²) in [5.74, 6) is 3.45. The molecule has 2 N–H and O–H groups in total. The van der Waals surface area contributed by atoms with Crippen LogP contribution in [0.4, 0.5) is 4.79 Å². The van der Waals surface area contributed by atoms with Gasteiger partial charge in [0.15, 0.2) is 5.76 Å². The average Bonchev–Trinajstić information content (AvgIpc) is 3.13. The van der Waals surface area contributed by atoms with Gasteiger partial charge in [0.2, 0.25) is 0 Å². The number of rotatable bonds is 5. The molecule has 6 rings (SSSR count). The third-order valence-electron chi connectivity index (χ3n) is 7.11. The number of hydrogen-bond acceptors (Lipinski definition) is 3. The Balaban J connectivity index is 1.13. The Morgan fingerprint density at radius 2 is 1.71 bits per heavy atom. The van der Waals surface area contributed by atoms with Crippen LogP contribution in [0.2, 0.25) is 0 Å². The molecule has 0 atom stereocenters. The van der Waals surface area contributed by atoms with Gasteiger partial charge in [0.25, 0.3) is 0 Å². The lowest BCUT2D eigenvalue weighted by Gasteiger charge is -2.56. The second-order valence-corrected chi connectivity index (χ2v) is 9.50. The number of aryl methyl sites for hydroxylation is 1. The molecule has 1 aromatic heterocycles.